The lowest BCUT2D eigenvalue weighted by molar-refractivity contribution is -0.385. The van der Waals surface area contributed by atoms with Gasteiger partial charge in [0.25, 0.3) is 11.6 Å². The van der Waals surface area contributed by atoms with E-state index in [0.717, 1.165) is 12.1 Å². The first kappa shape index (κ1) is 20.8. The maximum Gasteiger partial charge on any atom is 0.416 e. The number of amides is 1. The summed E-state index contributed by atoms with van der Waals surface area (Å²) in [7, 11) is 0. The lowest BCUT2D eigenvalue weighted by atomic mass is 10.1. The van der Waals surface area contributed by atoms with E-state index in [1.54, 1.807) is 17.9 Å². The molecule has 1 aliphatic rings. The number of hydrogen-bond acceptors (Lipinski definition) is 4. The number of alkyl halides is 3. The van der Waals surface area contributed by atoms with Gasteiger partial charge >= 0.3 is 6.18 Å². The summed E-state index contributed by atoms with van der Waals surface area (Å²) in [5.74, 6) is -0.207. The van der Waals surface area contributed by atoms with Gasteiger partial charge in [0, 0.05) is 49.9 Å². The van der Waals surface area contributed by atoms with E-state index in [0.29, 0.717) is 49.4 Å². The number of hydrogen-bond donors (Lipinski definition) is 0. The SMILES string of the molecule is Cc1cc(C(=O)N2CCN(Cc3cccc(C(F)(F)F)c3)CC2)ccc1[N+](=O)[O-]. The van der Waals surface area contributed by atoms with Gasteiger partial charge in [0.05, 0.1) is 10.5 Å². The highest BCUT2D eigenvalue weighted by Gasteiger charge is 2.30. The largest absolute Gasteiger partial charge is 0.416 e. The second-order valence-electron chi connectivity index (χ2n) is 7.02. The first-order chi connectivity index (χ1) is 13.6. The zero-order valence-electron chi connectivity index (χ0n) is 15.8. The zero-order chi connectivity index (χ0) is 21.2. The summed E-state index contributed by atoms with van der Waals surface area (Å²) in [4.78, 5) is 26.7. The molecule has 2 aromatic rings. The van der Waals surface area contributed by atoms with E-state index in [1.165, 1.54) is 24.3 Å². The fourth-order valence-electron chi connectivity index (χ4n) is 3.39. The molecule has 1 aliphatic heterocycles. The zero-order valence-corrected chi connectivity index (χ0v) is 15.8. The van der Waals surface area contributed by atoms with Gasteiger partial charge in [-0.1, -0.05) is 18.2 Å². The van der Waals surface area contributed by atoms with Crippen molar-refractivity contribution in [2.45, 2.75) is 19.6 Å². The van der Waals surface area contributed by atoms with Gasteiger partial charge in [-0.15, -0.1) is 0 Å². The number of rotatable bonds is 4. The van der Waals surface area contributed by atoms with Crippen LogP contribution in [0.25, 0.3) is 0 Å². The maximum absolute atomic E-state index is 12.9. The first-order valence-corrected chi connectivity index (χ1v) is 9.08. The Kier molecular flexibility index (Phi) is 5.88. The first-order valence-electron chi connectivity index (χ1n) is 9.08. The van der Waals surface area contributed by atoms with Crippen LogP contribution in [0.15, 0.2) is 42.5 Å². The van der Waals surface area contributed by atoms with Crippen molar-refractivity contribution in [1.29, 1.82) is 0 Å². The van der Waals surface area contributed by atoms with Crippen molar-refractivity contribution >= 4 is 11.6 Å². The number of halogens is 3. The standard InChI is InChI=1S/C20H20F3N3O3/c1-14-11-16(5-6-18(14)26(28)29)19(27)25-9-7-24(8-10-25)13-15-3-2-4-17(12-15)20(21,22)23/h2-6,11-12H,7-10,13H2,1H3. The van der Waals surface area contributed by atoms with E-state index in [-0.39, 0.29) is 11.6 Å². The summed E-state index contributed by atoms with van der Waals surface area (Å²) >= 11 is 0. The van der Waals surface area contributed by atoms with Crippen molar-refractivity contribution in [3.63, 3.8) is 0 Å². The number of nitro groups is 1. The molecule has 2 aromatic carbocycles. The molecule has 1 fully saturated rings. The van der Waals surface area contributed by atoms with E-state index in [1.807, 2.05) is 4.90 Å². The monoisotopic (exact) mass is 407 g/mol. The molecule has 3 rings (SSSR count). The van der Waals surface area contributed by atoms with Crippen LogP contribution >= 0.6 is 0 Å². The smallest absolute Gasteiger partial charge is 0.336 e. The van der Waals surface area contributed by atoms with Gasteiger partial charge in [-0.2, -0.15) is 13.2 Å². The lowest BCUT2D eigenvalue weighted by Gasteiger charge is -2.35. The Morgan fingerprint density at radius 3 is 2.38 bits per heavy atom. The predicted molar refractivity (Wildman–Crippen MR) is 100 cm³/mol. The highest BCUT2D eigenvalue weighted by molar-refractivity contribution is 5.94. The molecule has 0 radical (unpaired) electrons. The minimum atomic E-state index is -4.37. The van der Waals surface area contributed by atoms with Crippen LogP contribution in [0.2, 0.25) is 0 Å². The Hall–Kier alpha value is -2.94. The predicted octanol–water partition coefficient (Wildman–Crippen LogP) is 3.88. The van der Waals surface area contributed by atoms with E-state index >= 15 is 0 Å². The second-order valence-corrected chi connectivity index (χ2v) is 7.02. The fraction of sp³-hybridized carbons (Fsp3) is 0.350. The highest BCUT2D eigenvalue weighted by atomic mass is 19.4. The van der Waals surface area contributed by atoms with Crippen molar-refractivity contribution in [2.24, 2.45) is 0 Å². The summed E-state index contributed by atoms with van der Waals surface area (Å²) in [5.41, 5.74) is 0.680. The second kappa shape index (κ2) is 8.20. The minimum absolute atomic E-state index is 0.0348. The molecule has 0 N–H and O–H groups in total. The third kappa shape index (κ3) is 4.92. The molecule has 1 saturated heterocycles. The van der Waals surface area contributed by atoms with E-state index < -0.39 is 16.7 Å². The van der Waals surface area contributed by atoms with Gasteiger partial charge in [0.15, 0.2) is 0 Å². The Labute approximate surface area is 165 Å². The number of aryl methyl sites for hydroxylation is 1. The van der Waals surface area contributed by atoms with Crippen molar-refractivity contribution in [3.05, 3.63) is 74.8 Å². The number of carbonyl (C=O) groups is 1. The van der Waals surface area contributed by atoms with Gasteiger partial charge in [-0.05, 0) is 30.7 Å². The molecule has 0 aliphatic carbocycles. The molecule has 1 heterocycles. The van der Waals surface area contributed by atoms with Gasteiger partial charge in [0.2, 0.25) is 0 Å². The Morgan fingerprint density at radius 1 is 1.10 bits per heavy atom. The molecule has 0 spiro atoms. The molecule has 0 aromatic heterocycles. The Balaban J connectivity index is 1.60. The quantitative estimate of drug-likeness (QED) is 0.570. The number of carbonyl (C=O) groups excluding carboxylic acids is 1. The number of benzene rings is 2. The summed E-state index contributed by atoms with van der Waals surface area (Å²) in [6.45, 7) is 3.91. The average Bonchev–Trinajstić information content (AvgIpc) is 2.67. The molecule has 154 valence electrons. The van der Waals surface area contributed by atoms with Crippen LogP contribution in [0.5, 0.6) is 0 Å². The summed E-state index contributed by atoms with van der Waals surface area (Å²) < 4.78 is 38.6. The van der Waals surface area contributed by atoms with Crippen LogP contribution in [0.3, 0.4) is 0 Å². The Morgan fingerprint density at radius 2 is 1.79 bits per heavy atom. The molecule has 0 unspecified atom stereocenters. The van der Waals surface area contributed by atoms with Crippen molar-refractivity contribution in [3.8, 4) is 0 Å². The number of nitrogens with zero attached hydrogens (tertiary/aromatic N) is 3. The van der Waals surface area contributed by atoms with Crippen LogP contribution in [0.4, 0.5) is 18.9 Å². The van der Waals surface area contributed by atoms with Gasteiger partial charge in [-0.25, -0.2) is 0 Å². The van der Waals surface area contributed by atoms with Crippen LogP contribution < -0.4 is 0 Å². The molecule has 0 bridgehead atoms. The van der Waals surface area contributed by atoms with Crippen LogP contribution in [0, 0.1) is 17.0 Å². The number of nitro benzene ring substituents is 1. The average molecular weight is 407 g/mol. The van der Waals surface area contributed by atoms with E-state index in [4.69, 9.17) is 0 Å². The van der Waals surface area contributed by atoms with Crippen LogP contribution in [-0.4, -0.2) is 46.8 Å². The van der Waals surface area contributed by atoms with Crippen molar-refractivity contribution < 1.29 is 22.9 Å². The van der Waals surface area contributed by atoms with Crippen LogP contribution in [-0.2, 0) is 12.7 Å². The van der Waals surface area contributed by atoms with Gasteiger partial charge < -0.3 is 4.90 Å². The third-order valence-corrected chi connectivity index (χ3v) is 4.96. The van der Waals surface area contributed by atoms with Crippen LogP contribution in [0.1, 0.15) is 27.0 Å². The molecule has 6 nitrogen and oxygen atoms in total. The Bertz CT molecular complexity index is 923. The summed E-state index contributed by atoms with van der Waals surface area (Å²) in [5, 5.41) is 10.9. The van der Waals surface area contributed by atoms with Gasteiger partial charge in [-0.3, -0.25) is 19.8 Å². The van der Waals surface area contributed by atoms with E-state index in [9.17, 15) is 28.1 Å². The summed E-state index contributed by atoms with van der Waals surface area (Å²) in [6, 6.07) is 9.54. The molecule has 9 heteroatoms. The molecular formula is C20H20F3N3O3. The highest BCUT2D eigenvalue weighted by Crippen LogP contribution is 2.30. The number of piperazine rings is 1. The fourth-order valence-corrected chi connectivity index (χ4v) is 3.39. The maximum atomic E-state index is 12.9. The third-order valence-electron chi connectivity index (χ3n) is 4.96. The molecule has 29 heavy (non-hydrogen) atoms. The molecule has 0 saturated carbocycles. The van der Waals surface area contributed by atoms with Gasteiger partial charge in [0.1, 0.15) is 0 Å². The molecule has 1 amide bonds. The molecular weight excluding hydrogens is 387 g/mol. The topological polar surface area (TPSA) is 66.7 Å². The van der Waals surface area contributed by atoms with E-state index in [2.05, 4.69) is 0 Å². The van der Waals surface area contributed by atoms with Crippen molar-refractivity contribution in [1.82, 2.24) is 9.80 Å². The summed E-state index contributed by atoms with van der Waals surface area (Å²) in [6.07, 6.45) is -4.37. The normalized spacial score (nSPS) is 15.4. The molecule has 0 atom stereocenters. The van der Waals surface area contributed by atoms with Crippen molar-refractivity contribution in [2.75, 3.05) is 26.2 Å². The lowest BCUT2D eigenvalue weighted by Crippen LogP contribution is -2.48. The minimum Gasteiger partial charge on any atom is -0.336 e.